The van der Waals surface area contributed by atoms with Gasteiger partial charge in [-0.1, -0.05) is 37.7 Å². The zero-order valence-electron chi connectivity index (χ0n) is 16.3. The number of hydrogen-bond donors (Lipinski definition) is 1. The van der Waals surface area contributed by atoms with Gasteiger partial charge in [0.25, 0.3) is 5.56 Å². The SMILES string of the molecule is CCCCCCCC(=O)OC[C@H]1O[C@@H](n2cc(C)c(=O)[nH]c2=O)C[C@@H]1N=[N+]=[N-]. The molecule has 0 aliphatic carbocycles. The number of rotatable bonds is 10. The van der Waals surface area contributed by atoms with E-state index in [4.69, 9.17) is 15.0 Å². The van der Waals surface area contributed by atoms with Crippen molar-refractivity contribution in [1.29, 1.82) is 0 Å². The Balaban J connectivity index is 1.94. The third kappa shape index (κ3) is 5.97. The highest BCUT2D eigenvalue weighted by molar-refractivity contribution is 5.69. The Labute approximate surface area is 162 Å². The van der Waals surface area contributed by atoms with Crippen molar-refractivity contribution < 1.29 is 14.3 Å². The molecular formula is C18H27N5O5. The van der Waals surface area contributed by atoms with Gasteiger partial charge in [-0.2, -0.15) is 0 Å². The number of unbranched alkanes of at least 4 members (excludes halogenated alkanes) is 4. The molecule has 0 amide bonds. The van der Waals surface area contributed by atoms with E-state index in [0.717, 1.165) is 32.1 Å². The maximum absolute atomic E-state index is 12.0. The lowest BCUT2D eigenvalue weighted by molar-refractivity contribution is -0.148. The zero-order chi connectivity index (χ0) is 20.5. The number of carbonyl (C=O) groups is 1. The molecule has 0 aromatic carbocycles. The Hall–Kier alpha value is -2.58. The second-order valence-corrected chi connectivity index (χ2v) is 6.96. The average Bonchev–Trinajstić information content (AvgIpc) is 3.06. The molecule has 0 saturated carbocycles. The van der Waals surface area contributed by atoms with Gasteiger partial charge in [-0.25, -0.2) is 4.79 Å². The van der Waals surface area contributed by atoms with Crippen molar-refractivity contribution in [1.82, 2.24) is 9.55 Å². The fraction of sp³-hybridized carbons (Fsp3) is 0.722. The van der Waals surface area contributed by atoms with E-state index in [0.29, 0.717) is 12.0 Å². The first-order valence-electron chi connectivity index (χ1n) is 9.63. The van der Waals surface area contributed by atoms with E-state index in [9.17, 15) is 14.4 Å². The Morgan fingerprint density at radius 3 is 2.86 bits per heavy atom. The number of ether oxygens (including phenoxy) is 2. The van der Waals surface area contributed by atoms with Crippen molar-refractivity contribution >= 4 is 5.97 Å². The molecule has 1 fully saturated rings. The smallest absolute Gasteiger partial charge is 0.330 e. The number of carbonyl (C=O) groups excluding carboxylic acids is 1. The largest absolute Gasteiger partial charge is 0.463 e. The highest BCUT2D eigenvalue weighted by Crippen LogP contribution is 2.30. The molecule has 2 rings (SSSR count). The van der Waals surface area contributed by atoms with Gasteiger partial charge in [0.15, 0.2) is 0 Å². The lowest BCUT2D eigenvalue weighted by atomic mass is 10.1. The van der Waals surface area contributed by atoms with Gasteiger partial charge in [-0.05, 0) is 18.9 Å². The molecule has 3 atom stereocenters. The topological polar surface area (TPSA) is 139 Å². The van der Waals surface area contributed by atoms with Crippen LogP contribution in [0.1, 0.15) is 63.7 Å². The van der Waals surface area contributed by atoms with Crippen LogP contribution in [0.15, 0.2) is 20.9 Å². The number of esters is 1. The molecule has 154 valence electrons. The van der Waals surface area contributed by atoms with Crippen LogP contribution in [0.5, 0.6) is 0 Å². The molecular weight excluding hydrogens is 366 g/mol. The fourth-order valence-corrected chi connectivity index (χ4v) is 3.14. The first-order chi connectivity index (χ1) is 13.5. The van der Waals surface area contributed by atoms with E-state index in [1.807, 2.05) is 0 Å². The molecule has 1 aliphatic rings. The molecule has 10 heteroatoms. The third-order valence-electron chi connectivity index (χ3n) is 4.75. The first-order valence-corrected chi connectivity index (χ1v) is 9.63. The lowest BCUT2D eigenvalue weighted by Gasteiger charge is -2.16. The second-order valence-electron chi connectivity index (χ2n) is 6.96. The van der Waals surface area contributed by atoms with Gasteiger partial charge in [0.2, 0.25) is 0 Å². The average molecular weight is 393 g/mol. The molecule has 2 heterocycles. The summed E-state index contributed by atoms with van der Waals surface area (Å²) >= 11 is 0. The maximum Gasteiger partial charge on any atom is 0.330 e. The summed E-state index contributed by atoms with van der Waals surface area (Å²) in [5.74, 6) is -0.319. The number of H-pyrrole nitrogens is 1. The molecule has 1 N–H and O–H groups in total. The number of azide groups is 1. The number of nitrogens with one attached hydrogen (secondary N) is 1. The standard InChI is InChI=1S/C18H27N5O5/c1-3-4-5-6-7-8-16(24)27-11-14-13(21-22-19)9-15(28-14)23-10-12(2)17(25)20-18(23)26/h10,13-15H,3-9,11H2,1-2H3,(H,20,25,26)/t13-,14+,15+/m0/s1. The molecule has 0 spiro atoms. The third-order valence-corrected chi connectivity index (χ3v) is 4.75. The van der Waals surface area contributed by atoms with Crippen molar-refractivity contribution in [2.75, 3.05) is 6.61 Å². The van der Waals surface area contributed by atoms with Crippen molar-refractivity contribution in [3.8, 4) is 0 Å². The Kier molecular flexibility index (Phi) is 8.28. The minimum Gasteiger partial charge on any atom is -0.463 e. The van der Waals surface area contributed by atoms with Crippen LogP contribution >= 0.6 is 0 Å². The molecule has 1 aromatic heterocycles. The zero-order valence-corrected chi connectivity index (χ0v) is 16.3. The number of aromatic nitrogens is 2. The monoisotopic (exact) mass is 393 g/mol. The van der Waals surface area contributed by atoms with E-state index in [1.54, 1.807) is 6.92 Å². The van der Waals surface area contributed by atoms with Gasteiger partial charge < -0.3 is 9.47 Å². The van der Waals surface area contributed by atoms with Gasteiger partial charge in [0.1, 0.15) is 18.9 Å². The molecule has 10 nitrogen and oxygen atoms in total. The number of nitrogens with zero attached hydrogens (tertiary/aromatic N) is 4. The summed E-state index contributed by atoms with van der Waals surface area (Å²) in [6, 6.07) is -0.577. The summed E-state index contributed by atoms with van der Waals surface area (Å²) in [7, 11) is 0. The summed E-state index contributed by atoms with van der Waals surface area (Å²) in [5, 5.41) is 3.70. The highest BCUT2D eigenvalue weighted by atomic mass is 16.6. The van der Waals surface area contributed by atoms with E-state index in [1.165, 1.54) is 10.8 Å². The number of aryl methyl sites for hydroxylation is 1. The Morgan fingerprint density at radius 1 is 1.39 bits per heavy atom. The predicted molar refractivity (Wildman–Crippen MR) is 102 cm³/mol. The van der Waals surface area contributed by atoms with Crippen LogP contribution in [0.25, 0.3) is 10.4 Å². The van der Waals surface area contributed by atoms with Crippen molar-refractivity contribution in [2.24, 2.45) is 5.11 Å². The second kappa shape index (κ2) is 10.7. The maximum atomic E-state index is 12.0. The molecule has 1 saturated heterocycles. The molecule has 28 heavy (non-hydrogen) atoms. The number of aromatic amines is 1. The summed E-state index contributed by atoms with van der Waals surface area (Å²) in [6.07, 6.45) is 5.79. The summed E-state index contributed by atoms with van der Waals surface area (Å²) in [5.41, 5.74) is 8.07. The quantitative estimate of drug-likeness (QED) is 0.214. The van der Waals surface area contributed by atoms with Crippen molar-refractivity contribution in [3.05, 3.63) is 43.0 Å². The Morgan fingerprint density at radius 2 is 2.14 bits per heavy atom. The van der Waals surface area contributed by atoms with Gasteiger partial charge in [-0.3, -0.25) is 19.1 Å². The Bertz CT molecular complexity index is 826. The van der Waals surface area contributed by atoms with Gasteiger partial charge in [0.05, 0.1) is 6.04 Å². The van der Waals surface area contributed by atoms with Crippen LogP contribution in [0.2, 0.25) is 0 Å². The molecule has 1 aromatic rings. The van der Waals surface area contributed by atoms with E-state index >= 15 is 0 Å². The summed E-state index contributed by atoms with van der Waals surface area (Å²) < 4.78 is 12.3. The van der Waals surface area contributed by atoms with E-state index in [-0.39, 0.29) is 19.0 Å². The van der Waals surface area contributed by atoms with Crippen LogP contribution in [-0.4, -0.2) is 34.3 Å². The summed E-state index contributed by atoms with van der Waals surface area (Å²) in [6.45, 7) is 3.66. The van der Waals surface area contributed by atoms with Crippen LogP contribution < -0.4 is 11.2 Å². The fourth-order valence-electron chi connectivity index (χ4n) is 3.14. The van der Waals surface area contributed by atoms with Gasteiger partial charge >= 0.3 is 11.7 Å². The van der Waals surface area contributed by atoms with Crippen molar-refractivity contribution in [3.63, 3.8) is 0 Å². The first kappa shape index (κ1) is 21.7. The molecule has 0 radical (unpaired) electrons. The number of hydrogen-bond acceptors (Lipinski definition) is 6. The van der Waals surface area contributed by atoms with Crippen LogP contribution in [0.3, 0.4) is 0 Å². The normalized spacial score (nSPS) is 21.3. The minimum absolute atomic E-state index is 0.0505. The van der Waals surface area contributed by atoms with Crippen LogP contribution in [0.4, 0.5) is 0 Å². The lowest BCUT2D eigenvalue weighted by Crippen LogP contribution is -2.33. The van der Waals surface area contributed by atoms with E-state index in [2.05, 4.69) is 21.9 Å². The molecule has 0 unspecified atom stereocenters. The van der Waals surface area contributed by atoms with E-state index < -0.39 is 29.6 Å². The van der Waals surface area contributed by atoms with Crippen molar-refractivity contribution in [2.45, 2.75) is 77.2 Å². The van der Waals surface area contributed by atoms with Crippen LogP contribution in [-0.2, 0) is 14.3 Å². The molecule has 1 aliphatic heterocycles. The van der Waals surface area contributed by atoms with Crippen LogP contribution in [0, 0.1) is 6.92 Å². The minimum atomic E-state index is -0.712. The molecule has 0 bridgehead atoms. The van der Waals surface area contributed by atoms with Gasteiger partial charge in [-0.15, -0.1) is 0 Å². The highest BCUT2D eigenvalue weighted by Gasteiger charge is 2.37. The van der Waals surface area contributed by atoms with Gasteiger partial charge in [0, 0.05) is 29.5 Å². The summed E-state index contributed by atoms with van der Waals surface area (Å²) in [4.78, 5) is 40.5. The predicted octanol–water partition coefficient (Wildman–Crippen LogP) is 2.72.